The van der Waals surface area contributed by atoms with Gasteiger partial charge in [-0.1, -0.05) is 24.3 Å². The number of aliphatic carboxylic acids is 1. The Morgan fingerprint density at radius 1 is 1.03 bits per heavy atom. The average molecular weight is 683 g/mol. The van der Waals surface area contributed by atoms with Crippen LogP contribution in [0.5, 0.6) is 0 Å². The minimum absolute atomic E-state index is 0.111. The van der Waals surface area contributed by atoms with E-state index < -0.39 is 17.9 Å². The van der Waals surface area contributed by atoms with Crippen molar-refractivity contribution in [2.24, 2.45) is 5.92 Å². The zero-order valence-corrected chi connectivity index (χ0v) is 22.1. The highest BCUT2D eigenvalue weighted by atomic mass is 127. The van der Waals surface area contributed by atoms with Crippen molar-refractivity contribution >= 4 is 74.5 Å². The van der Waals surface area contributed by atoms with Gasteiger partial charge in [0.1, 0.15) is 5.76 Å². The van der Waals surface area contributed by atoms with Crippen molar-refractivity contribution in [2.45, 2.75) is 6.04 Å². The molecule has 4 rings (SSSR count). The first-order valence-electron chi connectivity index (χ1n) is 10.1. The molecule has 34 heavy (non-hydrogen) atoms. The van der Waals surface area contributed by atoms with Crippen molar-refractivity contribution < 1.29 is 24.6 Å². The molecule has 8 nitrogen and oxygen atoms in total. The lowest BCUT2D eigenvalue weighted by Gasteiger charge is -2.28. The van der Waals surface area contributed by atoms with Gasteiger partial charge in [-0.05, 0) is 87.2 Å². The molecule has 2 aliphatic rings. The molecule has 0 saturated carbocycles. The van der Waals surface area contributed by atoms with Crippen molar-refractivity contribution in [1.29, 1.82) is 0 Å². The van der Waals surface area contributed by atoms with Crippen LogP contribution in [-0.2, 0) is 4.79 Å². The van der Waals surface area contributed by atoms with Crippen LogP contribution in [0.1, 0.15) is 15.9 Å². The summed E-state index contributed by atoms with van der Waals surface area (Å²) >= 11 is 4.33. The molecule has 1 aliphatic heterocycles. The van der Waals surface area contributed by atoms with Crippen LogP contribution >= 0.6 is 45.2 Å². The van der Waals surface area contributed by atoms with Gasteiger partial charge in [0.2, 0.25) is 0 Å². The van der Waals surface area contributed by atoms with Gasteiger partial charge in [0.25, 0.3) is 5.91 Å². The van der Waals surface area contributed by atoms with E-state index in [1.165, 1.54) is 0 Å². The van der Waals surface area contributed by atoms with Gasteiger partial charge >= 0.3 is 12.0 Å². The molecule has 174 valence electrons. The van der Waals surface area contributed by atoms with Crippen molar-refractivity contribution in [3.63, 3.8) is 0 Å². The lowest BCUT2D eigenvalue weighted by atomic mass is 9.91. The van der Waals surface area contributed by atoms with Crippen molar-refractivity contribution in [3.05, 3.63) is 90.3 Å². The average Bonchev–Trinajstić information content (AvgIpc) is 3.02. The number of nitrogens with zero attached hydrogens (tertiary/aromatic N) is 1. The normalized spacial score (nSPS) is 19.2. The Bertz CT molecular complexity index is 1280. The van der Waals surface area contributed by atoms with Crippen LogP contribution in [-0.4, -0.2) is 46.1 Å². The number of benzene rings is 2. The molecular weight excluding hydrogens is 664 g/mol. The molecule has 0 bridgehead atoms. The quantitative estimate of drug-likeness (QED) is 0.346. The van der Waals surface area contributed by atoms with Crippen LogP contribution in [0.4, 0.5) is 10.5 Å². The van der Waals surface area contributed by atoms with E-state index in [-0.39, 0.29) is 23.3 Å². The topological polar surface area (TPSA) is 119 Å². The van der Waals surface area contributed by atoms with Gasteiger partial charge in [-0.3, -0.25) is 10.1 Å². The largest absolute Gasteiger partial charge is 0.507 e. The third-order valence-corrected chi connectivity index (χ3v) is 7.50. The third kappa shape index (κ3) is 4.82. The third-order valence-electron chi connectivity index (χ3n) is 5.60. The number of anilines is 1. The fourth-order valence-corrected chi connectivity index (χ4v) is 5.76. The van der Waals surface area contributed by atoms with Gasteiger partial charge in [0.05, 0.1) is 17.3 Å². The molecule has 0 fully saturated rings. The molecule has 3 amide bonds. The Kier molecular flexibility index (Phi) is 6.98. The molecule has 2 aromatic carbocycles. The fraction of sp³-hybridized carbons (Fsp3) is 0.125. The number of carboxylic acid groups (broad SMARTS) is 1. The number of likely N-dealkylation sites (N-methyl/N-ethyl adjacent to an activating group) is 1. The van der Waals surface area contributed by atoms with Crippen molar-refractivity contribution in [1.82, 2.24) is 10.2 Å². The Labute approximate surface area is 222 Å². The first-order valence-corrected chi connectivity index (χ1v) is 12.3. The van der Waals surface area contributed by atoms with Gasteiger partial charge < -0.3 is 20.4 Å². The van der Waals surface area contributed by atoms with Gasteiger partial charge in [0, 0.05) is 31.4 Å². The van der Waals surface area contributed by atoms with Gasteiger partial charge in [0.15, 0.2) is 0 Å². The van der Waals surface area contributed by atoms with Crippen LogP contribution in [0.25, 0.3) is 5.70 Å². The predicted octanol–water partition coefficient (Wildman–Crippen LogP) is 4.75. The highest BCUT2D eigenvalue weighted by molar-refractivity contribution is 14.1. The second-order valence-corrected chi connectivity index (χ2v) is 10.2. The summed E-state index contributed by atoms with van der Waals surface area (Å²) in [4.78, 5) is 38.1. The van der Waals surface area contributed by atoms with Crippen LogP contribution in [0.2, 0.25) is 0 Å². The highest BCUT2D eigenvalue weighted by Crippen LogP contribution is 2.46. The van der Waals surface area contributed by atoms with Crippen molar-refractivity contribution in [2.75, 3.05) is 12.4 Å². The Morgan fingerprint density at radius 3 is 2.38 bits per heavy atom. The monoisotopic (exact) mass is 683 g/mol. The summed E-state index contributed by atoms with van der Waals surface area (Å²) < 4.78 is 1.89. The minimum Gasteiger partial charge on any atom is -0.507 e. The number of rotatable bonds is 4. The summed E-state index contributed by atoms with van der Waals surface area (Å²) in [7, 11) is 1.87. The van der Waals surface area contributed by atoms with E-state index in [0.29, 0.717) is 11.3 Å². The molecule has 4 N–H and O–H groups in total. The Balaban J connectivity index is 1.49. The van der Waals surface area contributed by atoms with E-state index in [1.807, 2.05) is 18.0 Å². The first kappa shape index (κ1) is 24.3. The SMILES string of the molecule is CN1C(c2ccc(C(=O)NC(=O)Nc3cccc(I)c3)cc2)=C(I)C2C=C(C(=O)O)C(O)=CC21. The molecule has 0 saturated heterocycles. The summed E-state index contributed by atoms with van der Waals surface area (Å²) in [5.41, 5.74) is 2.51. The van der Waals surface area contributed by atoms with E-state index >= 15 is 0 Å². The van der Waals surface area contributed by atoms with Crippen molar-refractivity contribution in [3.8, 4) is 0 Å². The number of halogens is 2. The molecule has 2 atom stereocenters. The van der Waals surface area contributed by atoms with Gasteiger partial charge in [-0.2, -0.15) is 0 Å². The maximum Gasteiger partial charge on any atom is 0.339 e. The number of nitrogens with one attached hydrogen (secondary N) is 2. The lowest BCUT2D eigenvalue weighted by Crippen LogP contribution is -2.34. The fourth-order valence-electron chi connectivity index (χ4n) is 3.98. The number of amides is 3. The molecule has 2 aromatic rings. The number of imide groups is 1. The predicted molar refractivity (Wildman–Crippen MR) is 144 cm³/mol. The number of carbonyl (C=O) groups excluding carboxylic acids is 2. The molecule has 0 radical (unpaired) electrons. The molecule has 10 heteroatoms. The summed E-state index contributed by atoms with van der Waals surface area (Å²) in [6.07, 6.45) is 3.12. The van der Waals surface area contributed by atoms with Crippen LogP contribution in [0.15, 0.2) is 75.6 Å². The lowest BCUT2D eigenvalue weighted by molar-refractivity contribution is -0.132. The number of aliphatic hydroxyl groups excluding tert-OH is 1. The van der Waals surface area contributed by atoms with Crippen LogP contribution in [0, 0.1) is 9.49 Å². The number of carboxylic acids is 1. The number of aliphatic hydroxyl groups is 1. The Hall–Kier alpha value is -2.87. The van der Waals surface area contributed by atoms with E-state index in [4.69, 9.17) is 0 Å². The second kappa shape index (κ2) is 9.78. The van der Waals surface area contributed by atoms with Crippen LogP contribution < -0.4 is 10.6 Å². The number of carbonyl (C=O) groups is 3. The highest BCUT2D eigenvalue weighted by Gasteiger charge is 2.40. The number of hydrogen-bond acceptors (Lipinski definition) is 5. The Morgan fingerprint density at radius 2 is 1.74 bits per heavy atom. The number of fused-ring (bicyclic) bond motifs is 1. The van der Waals surface area contributed by atoms with E-state index in [2.05, 4.69) is 55.8 Å². The maximum atomic E-state index is 12.5. The molecule has 1 heterocycles. The smallest absolute Gasteiger partial charge is 0.339 e. The minimum atomic E-state index is -1.17. The van der Waals surface area contributed by atoms with Gasteiger partial charge in [-0.25, -0.2) is 9.59 Å². The standard InChI is InChI=1S/C24H19I2N3O5/c1-29-18-11-19(30)17(23(32)33)10-16(18)20(26)21(29)12-5-7-13(8-6-12)22(31)28-24(34)27-15-4-2-3-14(25)9-15/h2-11,16,18,30H,1H3,(H,32,33)(H2,27,28,31,34). The zero-order valence-electron chi connectivity index (χ0n) is 17.8. The zero-order chi connectivity index (χ0) is 24.6. The summed E-state index contributed by atoms with van der Waals surface area (Å²) in [5.74, 6) is -2.15. The second-order valence-electron chi connectivity index (χ2n) is 7.76. The molecule has 0 aromatic heterocycles. The summed E-state index contributed by atoms with van der Waals surface area (Å²) in [6.45, 7) is 0. The van der Waals surface area contributed by atoms with Crippen LogP contribution in [0.3, 0.4) is 0 Å². The molecular formula is C24H19I2N3O5. The van der Waals surface area contributed by atoms with Gasteiger partial charge in [-0.15, -0.1) is 0 Å². The molecule has 2 unspecified atom stereocenters. The first-order chi connectivity index (χ1) is 16.2. The molecule has 1 aliphatic carbocycles. The maximum absolute atomic E-state index is 12.5. The van der Waals surface area contributed by atoms with E-state index in [9.17, 15) is 24.6 Å². The number of hydrogen-bond donors (Lipinski definition) is 4. The molecule has 0 spiro atoms. The summed E-state index contributed by atoms with van der Waals surface area (Å²) in [6, 6.07) is 13.2. The summed E-state index contributed by atoms with van der Waals surface area (Å²) in [5, 5.41) is 24.4. The van der Waals surface area contributed by atoms with E-state index in [1.54, 1.807) is 54.6 Å². The van der Waals surface area contributed by atoms with E-state index in [0.717, 1.165) is 18.4 Å². The number of urea groups is 1.